The van der Waals surface area contributed by atoms with Gasteiger partial charge in [-0.15, -0.1) is 0 Å². The molecule has 1 aromatic carbocycles. The van der Waals surface area contributed by atoms with E-state index in [1.54, 1.807) is 6.92 Å². The number of amides is 1. The van der Waals surface area contributed by atoms with Crippen LogP contribution in [0.2, 0.25) is 0 Å². The second kappa shape index (κ2) is 5.87. The Morgan fingerprint density at radius 2 is 2.00 bits per heavy atom. The highest BCUT2D eigenvalue weighted by atomic mass is 32.1. The minimum Gasteiger partial charge on any atom is -0.391 e. The van der Waals surface area contributed by atoms with Gasteiger partial charge in [-0.3, -0.25) is 4.79 Å². The van der Waals surface area contributed by atoms with Gasteiger partial charge < -0.3 is 11.1 Å². The molecule has 3 N–H and O–H groups in total. The first-order valence-electron chi connectivity index (χ1n) is 6.83. The highest BCUT2D eigenvalue weighted by Gasteiger charge is 2.36. The number of benzene rings is 1. The van der Waals surface area contributed by atoms with Crippen molar-refractivity contribution in [1.29, 1.82) is 0 Å². The molecule has 0 saturated heterocycles. The van der Waals surface area contributed by atoms with Crippen molar-refractivity contribution in [3.63, 3.8) is 0 Å². The van der Waals surface area contributed by atoms with Crippen molar-refractivity contribution >= 4 is 23.1 Å². The summed E-state index contributed by atoms with van der Waals surface area (Å²) in [4.78, 5) is 12.7. The van der Waals surface area contributed by atoms with E-state index in [1.807, 2.05) is 0 Å². The van der Waals surface area contributed by atoms with Crippen LogP contribution in [0.5, 0.6) is 0 Å². The van der Waals surface area contributed by atoms with Gasteiger partial charge >= 0.3 is 0 Å². The molecule has 20 heavy (non-hydrogen) atoms. The van der Waals surface area contributed by atoms with Crippen LogP contribution >= 0.6 is 12.2 Å². The van der Waals surface area contributed by atoms with Crippen molar-refractivity contribution in [2.45, 2.75) is 44.6 Å². The zero-order chi connectivity index (χ0) is 14.8. The quantitative estimate of drug-likeness (QED) is 0.843. The molecule has 108 valence electrons. The number of carbonyl (C=O) groups is 1. The minimum absolute atomic E-state index is 0.239. The molecule has 0 atom stereocenters. The molecule has 1 saturated carbocycles. The number of hydrogen-bond acceptors (Lipinski definition) is 2. The number of rotatable bonds is 3. The molecule has 2 rings (SSSR count). The second-order valence-corrected chi connectivity index (χ2v) is 5.86. The number of nitrogens with one attached hydrogen (secondary N) is 1. The predicted octanol–water partition coefficient (Wildman–Crippen LogP) is 2.85. The van der Waals surface area contributed by atoms with E-state index in [9.17, 15) is 9.18 Å². The molecule has 3 nitrogen and oxygen atoms in total. The van der Waals surface area contributed by atoms with Crippen molar-refractivity contribution in [2.24, 2.45) is 5.73 Å². The van der Waals surface area contributed by atoms with Gasteiger partial charge in [-0.25, -0.2) is 4.39 Å². The van der Waals surface area contributed by atoms with E-state index >= 15 is 0 Å². The number of halogens is 1. The summed E-state index contributed by atoms with van der Waals surface area (Å²) in [6.45, 7) is 1.71. The lowest BCUT2D eigenvalue weighted by atomic mass is 9.81. The summed E-state index contributed by atoms with van der Waals surface area (Å²) in [5.41, 5.74) is 6.33. The van der Waals surface area contributed by atoms with E-state index in [4.69, 9.17) is 18.0 Å². The van der Waals surface area contributed by atoms with Crippen molar-refractivity contribution in [3.8, 4) is 0 Å². The smallest absolute Gasteiger partial charge is 0.252 e. The van der Waals surface area contributed by atoms with E-state index in [1.165, 1.54) is 18.2 Å². The maximum Gasteiger partial charge on any atom is 0.252 e. The maximum absolute atomic E-state index is 13.1. The van der Waals surface area contributed by atoms with E-state index in [0.29, 0.717) is 16.1 Å². The van der Waals surface area contributed by atoms with Crippen LogP contribution in [0.25, 0.3) is 0 Å². The highest BCUT2D eigenvalue weighted by Crippen LogP contribution is 2.29. The van der Waals surface area contributed by atoms with Gasteiger partial charge in [0.25, 0.3) is 5.91 Å². The third-order valence-electron chi connectivity index (χ3n) is 3.96. The summed E-state index contributed by atoms with van der Waals surface area (Å²) in [6, 6.07) is 4.13. The van der Waals surface area contributed by atoms with Gasteiger partial charge in [0.1, 0.15) is 5.82 Å². The molecular formula is C15H19FN2OS. The number of nitrogens with two attached hydrogens (primary N) is 1. The SMILES string of the molecule is Cc1cc(F)ccc1C(=O)NC1(C(N)=S)CCCCC1. The summed E-state index contributed by atoms with van der Waals surface area (Å²) in [5, 5.41) is 2.98. The Morgan fingerprint density at radius 3 is 2.55 bits per heavy atom. The monoisotopic (exact) mass is 294 g/mol. The fourth-order valence-electron chi connectivity index (χ4n) is 2.75. The largest absolute Gasteiger partial charge is 0.391 e. The van der Waals surface area contributed by atoms with Gasteiger partial charge in [0.05, 0.1) is 10.5 Å². The van der Waals surface area contributed by atoms with Crippen LogP contribution in [0.15, 0.2) is 18.2 Å². The molecule has 5 heteroatoms. The fraction of sp³-hybridized carbons (Fsp3) is 0.467. The highest BCUT2D eigenvalue weighted by molar-refractivity contribution is 7.80. The van der Waals surface area contributed by atoms with Gasteiger partial charge in [-0.2, -0.15) is 0 Å². The van der Waals surface area contributed by atoms with E-state index in [0.717, 1.165) is 32.1 Å². The zero-order valence-electron chi connectivity index (χ0n) is 11.5. The topological polar surface area (TPSA) is 55.1 Å². The number of thiocarbonyl (C=S) groups is 1. The third kappa shape index (κ3) is 2.98. The Balaban J connectivity index is 2.22. The van der Waals surface area contributed by atoms with Gasteiger partial charge in [0.2, 0.25) is 0 Å². The Hall–Kier alpha value is -1.49. The van der Waals surface area contributed by atoms with Crippen LogP contribution in [-0.2, 0) is 0 Å². The number of hydrogen-bond donors (Lipinski definition) is 2. The molecule has 0 aliphatic heterocycles. The van der Waals surface area contributed by atoms with Crippen molar-refractivity contribution in [2.75, 3.05) is 0 Å². The summed E-state index contributed by atoms with van der Waals surface area (Å²) in [7, 11) is 0. The molecule has 1 fully saturated rings. The molecule has 1 amide bonds. The summed E-state index contributed by atoms with van der Waals surface area (Å²) >= 11 is 5.15. The van der Waals surface area contributed by atoms with Gasteiger partial charge in [0, 0.05) is 5.56 Å². The van der Waals surface area contributed by atoms with E-state index < -0.39 is 5.54 Å². The predicted molar refractivity (Wildman–Crippen MR) is 81.2 cm³/mol. The van der Waals surface area contributed by atoms with Crippen molar-refractivity contribution < 1.29 is 9.18 Å². The van der Waals surface area contributed by atoms with Crippen LogP contribution in [0, 0.1) is 12.7 Å². The molecule has 0 radical (unpaired) electrons. The molecule has 0 aromatic heterocycles. The van der Waals surface area contributed by atoms with E-state index in [-0.39, 0.29) is 11.7 Å². The molecular weight excluding hydrogens is 275 g/mol. The second-order valence-electron chi connectivity index (χ2n) is 5.42. The standard InChI is InChI=1S/C15H19FN2OS/c1-10-9-11(16)5-6-12(10)13(19)18-15(14(17)20)7-3-2-4-8-15/h5-6,9H,2-4,7-8H2,1H3,(H2,17,20)(H,18,19). The molecule has 0 unspecified atom stereocenters. The Kier molecular flexibility index (Phi) is 4.38. The Bertz CT molecular complexity index is 539. The molecule has 1 aliphatic carbocycles. The minimum atomic E-state index is -0.592. The Labute approximate surface area is 123 Å². The summed E-state index contributed by atoms with van der Waals surface area (Å²) in [5.74, 6) is -0.585. The number of carbonyl (C=O) groups excluding carboxylic acids is 1. The average molecular weight is 294 g/mol. The summed E-state index contributed by atoms with van der Waals surface area (Å²) < 4.78 is 13.1. The lowest BCUT2D eigenvalue weighted by Gasteiger charge is -2.37. The lowest BCUT2D eigenvalue weighted by Crippen LogP contribution is -2.57. The fourth-order valence-corrected chi connectivity index (χ4v) is 3.01. The van der Waals surface area contributed by atoms with Gasteiger partial charge in [0.15, 0.2) is 0 Å². The third-order valence-corrected chi connectivity index (χ3v) is 4.36. The van der Waals surface area contributed by atoms with Crippen molar-refractivity contribution in [3.05, 3.63) is 35.1 Å². The van der Waals surface area contributed by atoms with Crippen LogP contribution in [0.4, 0.5) is 4.39 Å². The maximum atomic E-state index is 13.1. The molecule has 0 bridgehead atoms. The van der Waals surface area contributed by atoms with Crippen LogP contribution in [-0.4, -0.2) is 16.4 Å². The first kappa shape index (κ1) is 14.9. The van der Waals surface area contributed by atoms with Crippen LogP contribution in [0.1, 0.15) is 48.0 Å². The molecule has 1 aromatic rings. The first-order chi connectivity index (χ1) is 9.44. The van der Waals surface area contributed by atoms with Crippen LogP contribution in [0.3, 0.4) is 0 Å². The number of aryl methyl sites for hydroxylation is 1. The molecule has 1 aliphatic rings. The van der Waals surface area contributed by atoms with Crippen molar-refractivity contribution in [1.82, 2.24) is 5.32 Å². The normalized spacial score (nSPS) is 17.5. The lowest BCUT2D eigenvalue weighted by molar-refractivity contribution is 0.0908. The summed E-state index contributed by atoms with van der Waals surface area (Å²) in [6.07, 6.45) is 4.68. The van der Waals surface area contributed by atoms with E-state index in [2.05, 4.69) is 5.32 Å². The first-order valence-corrected chi connectivity index (χ1v) is 7.24. The van der Waals surface area contributed by atoms with Crippen LogP contribution < -0.4 is 11.1 Å². The molecule has 0 heterocycles. The average Bonchev–Trinajstić information content (AvgIpc) is 2.39. The Morgan fingerprint density at radius 1 is 1.35 bits per heavy atom. The zero-order valence-corrected chi connectivity index (χ0v) is 12.4. The van der Waals surface area contributed by atoms with Gasteiger partial charge in [-0.1, -0.05) is 31.5 Å². The van der Waals surface area contributed by atoms with Gasteiger partial charge in [-0.05, 0) is 43.5 Å². The molecule has 0 spiro atoms.